The second kappa shape index (κ2) is 8.56. The molecule has 0 aliphatic carbocycles. The second-order valence-electron chi connectivity index (χ2n) is 6.44. The zero-order valence-corrected chi connectivity index (χ0v) is 15.4. The van der Waals surface area contributed by atoms with Gasteiger partial charge in [-0.2, -0.15) is 0 Å². The third-order valence-corrected chi connectivity index (χ3v) is 4.30. The monoisotopic (exact) mass is 351 g/mol. The van der Waals surface area contributed by atoms with Gasteiger partial charge < -0.3 is 14.5 Å². The number of benzene rings is 2. The summed E-state index contributed by atoms with van der Waals surface area (Å²) in [6, 6.07) is 15.3. The van der Waals surface area contributed by atoms with Gasteiger partial charge >= 0.3 is 0 Å². The van der Waals surface area contributed by atoms with Crippen molar-refractivity contribution in [1.82, 2.24) is 4.98 Å². The average Bonchev–Trinajstić information content (AvgIpc) is 2.64. The number of ether oxygens (including phenoxy) is 2. The first-order chi connectivity index (χ1) is 12.7. The predicted molar refractivity (Wildman–Crippen MR) is 105 cm³/mol. The lowest BCUT2D eigenvalue weighted by atomic mass is 10.0. The molecule has 1 heterocycles. The van der Waals surface area contributed by atoms with Crippen molar-refractivity contribution in [3.8, 4) is 11.5 Å². The number of unbranched alkanes of at least 4 members (excludes halogenated alkanes) is 1. The molecule has 0 unspecified atom stereocenters. The van der Waals surface area contributed by atoms with Gasteiger partial charge in [0.25, 0.3) is 0 Å². The quantitative estimate of drug-likeness (QED) is 0.602. The Balaban J connectivity index is 1.77. The molecule has 26 heavy (non-hydrogen) atoms. The van der Waals surface area contributed by atoms with Gasteiger partial charge in [-0.3, -0.25) is 4.79 Å². The number of hydrogen-bond donors (Lipinski definition) is 1. The van der Waals surface area contributed by atoms with E-state index in [0.29, 0.717) is 13.2 Å². The van der Waals surface area contributed by atoms with Crippen LogP contribution in [0.3, 0.4) is 0 Å². The molecule has 0 spiro atoms. The van der Waals surface area contributed by atoms with Gasteiger partial charge in [-0.15, -0.1) is 0 Å². The zero-order valence-electron chi connectivity index (χ0n) is 15.4. The lowest BCUT2D eigenvalue weighted by Crippen LogP contribution is -2.11. The summed E-state index contributed by atoms with van der Waals surface area (Å²) in [6.45, 7) is 4.97. The third kappa shape index (κ3) is 4.45. The fourth-order valence-electron chi connectivity index (χ4n) is 2.98. The molecule has 4 heteroatoms. The summed E-state index contributed by atoms with van der Waals surface area (Å²) in [4.78, 5) is 15.5. The number of fused-ring (bicyclic) bond motifs is 1. The number of para-hydroxylation sites is 1. The Morgan fingerprint density at radius 3 is 2.54 bits per heavy atom. The number of nitrogens with one attached hydrogen (secondary N) is 1. The van der Waals surface area contributed by atoms with E-state index in [1.165, 1.54) is 0 Å². The normalized spacial score (nSPS) is 10.8. The van der Waals surface area contributed by atoms with E-state index in [4.69, 9.17) is 9.47 Å². The highest BCUT2D eigenvalue weighted by Crippen LogP contribution is 2.25. The Labute approximate surface area is 153 Å². The van der Waals surface area contributed by atoms with Crippen molar-refractivity contribution in [3.05, 3.63) is 70.0 Å². The Bertz CT molecular complexity index is 916. The standard InChI is InChI=1S/C22H25NO3/c1-3-4-8-17-14-19-20(23-16(2)13-21(19)24)15-22(17)26-12-11-25-18-9-6-5-7-10-18/h5-7,9-10,13-15H,3-4,8,11-12H2,1-2H3,(H,23,24). The lowest BCUT2D eigenvalue weighted by molar-refractivity contribution is 0.216. The minimum atomic E-state index is 0.0490. The molecular formula is C22H25NO3. The number of pyridine rings is 1. The Morgan fingerprint density at radius 2 is 1.77 bits per heavy atom. The summed E-state index contributed by atoms with van der Waals surface area (Å²) in [5, 5.41) is 0.717. The fraction of sp³-hybridized carbons (Fsp3) is 0.318. The maximum atomic E-state index is 12.3. The fourth-order valence-corrected chi connectivity index (χ4v) is 2.98. The highest BCUT2D eigenvalue weighted by Gasteiger charge is 2.09. The molecule has 0 saturated heterocycles. The molecule has 4 nitrogen and oxygen atoms in total. The first kappa shape index (κ1) is 18.1. The molecule has 0 fully saturated rings. The van der Waals surface area contributed by atoms with Gasteiger partial charge in [-0.05, 0) is 43.5 Å². The molecule has 1 N–H and O–H groups in total. The molecule has 0 atom stereocenters. The molecule has 2 aromatic carbocycles. The molecule has 0 aliphatic heterocycles. The highest BCUT2D eigenvalue weighted by molar-refractivity contribution is 5.81. The van der Waals surface area contributed by atoms with Gasteiger partial charge in [0.1, 0.15) is 24.7 Å². The SMILES string of the molecule is CCCCc1cc2c(=O)cc(C)[nH]c2cc1OCCOc1ccccc1. The Hall–Kier alpha value is -2.75. The Kier molecular flexibility index (Phi) is 5.95. The first-order valence-electron chi connectivity index (χ1n) is 9.14. The van der Waals surface area contributed by atoms with E-state index < -0.39 is 0 Å². The van der Waals surface area contributed by atoms with Crippen LogP contribution in [0.4, 0.5) is 0 Å². The molecule has 0 amide bonds. The molecule has 136 valence electrons. The average molecular weight is 351 g/mol. The van der Waals surface area contributed by atoms with Gasteiger partial charge in [0, 0.05) is 23.2 Å². The smallest absolute Gasteiger partial charge is 0.189 e. The van der Waals surface area contributed by atoms with Gasteiger partial charge in [0.15, 0.2) is 5.43 Å². The molecule has 1 aromatic heterocycles. The van der Waals surface area contributed by atoms with Crippen molar-refractivity contribution in [3.63, 3.8) is 0 Å². The van der Waals surface area contributed by atoms with Crippen LogP contribution in [-0.2, 0) is 6.42 Å². The van der Waals surface area contributed by atoms with E-state index >= 15 is 0 Å². The van der Waals surface area contributed by atoms with Crippen LogP contribution in [-0.4, -0.2) is 18.2 Å². The third-order valence-electron chi connectivity index (χ3n) is 4.30. The lowest BCUT2D eigenvalue weighted by Gasteiger charge is -2.14. The van der Waals surface area contributed by atoms with Crippen molar-refractivity contribution in [1.29, 1.82) is 0 Å². The van der Waals surface area contributed by atoms with E-state index in [2.05, 4.69) is 11.9 Å². The van der Waals surface area contributed by atoms with Crippen LogP contribution < -0.4 is 14.9 Å². The van der Waals surface area contributed by atoms with Crippen LogP contribution in [0, 0.1) is 6.92 Å². The highest BCUT2D eigenvalue weighted by atomic mass is 16.5. The van der Waals surface area contributed by atoms with Crippen LogP contribution in [0.25, 0.3) is 10.9 Å². The van der Waals surface area contributed by atoms with Crippen molar-refractivity contribution < 1.29 is 9.47 Å². The van der Waals surface area contributed by atoms with Gasteiger partial charge in [0.2, 0.25) is 0 Å². The number of aromatic amines is 1. The molecular weight excluding hydrogens is 326 g/mol. The van der Waals surface area contributed by atoms with Gasteiger partial charge in [-0.1, -0.05) is 31.5 Å². The molecule has 0 radical (unpaired) electrons. The molecule has 0 bridgehead atoms. The molecule has 0 saturated carbocycles. The maximum absolute atomic E-state index is 12.3. The van der Waals surface area contributed by atoms with Crippen molar-refractivity contribution >= 4 is 10.9 Å². The number of H-pyrrole nitrogens is 1. The van der Waals surface area contributed by atoms with Gasteiger partial charge in [-0.25, -0.2) is 0 Å². The number of rotatable bonds is 8. The molecule has 3 rings (SSSR count). The predicted octanol–water partition coefficient (Wildman–Crippen LogP) is 4.64. The number of hydrogen-bond acceptors (Lipinski definition) is 3. The topological polar surface area (TPSA) is 51.3 Å². The van der Waals surface area contributed by atoms with E-state index in [0.717, 1.165) is 52.9 Å². The summed E-state index contributed by atoms with van der Waals surface area (Å²) in [7, 11) is 0. The summed E-state index contributed by atoms with van der Waals surface area (Å²) in [5.41, 5.74) is 2.79. The van der Waals surface area contributed by atoms with Crippen molar-refractivity contribution in [2.75, 3.05) is 13.2 Å². The molecule has 0 aliphatic rings. The van der Waals surface area contributed by atoms with Crippen LogP contribution in [0.2, 0.25) is 0 Å². The number of aryl methyl sites for hydroxylation is 2. The van der Waals surface area contributed by atoms with Gasteiger partial charge in [0.05, 0.1) is 5.52 Å². The Morgan fingerprint density at radius 1 is 1.00 bits per heavy atom. The number of aromatic nitrogens is 1. The second-order valence-corrected chi connectivity index (χ2v) is 6.44. The van der Waals surface area contributed by atoms with Crippen LogP contribution in [0.15, 0.2) is 53.3 Å². The van der Waals surface area contributed by atoms with E-state index in [9.17, 15) is 4.79 Å². The summed E-state index contributed by atoms with van der Waals surface area (Å²) in [5.74, 6) is 1.66. The summed E-state index contributed by atoms with van der Waals surface area (Å²) >= 11 is 0. The minimum Gasteiger partial charge on any atom is -0.490 e. The largest absolute Gasteiger partial charge is 0.490 e. The summed E-state index contributed by atoms with van der Waals surface area (Å²) in [6.07, 6.45) is 3.06. The first-order valence-corrected chi connectivity index (χ1v) is 9.14. The molecule has 3 aromatic rings. The van der Waals surface area contributed by atoms with Crippen LogP contribution >= 0.6 is 0 Å². The van der Waals surface area contributed by atoms with Crippen molar-refractivity contribution in [2.24, 2.45) is 0 Å². The van der Waals surface area contributed by atoms with E-state index in [-0.39, 0.29) is 5.43 Å². The van der Waals surface area contributed by atoms with Crippen LogP contribution in [0.1, 0.15) is 31.0 Å². The summed E-state index contributed by atoms with van der Waals surface area (Å²) < 4.78 is 11.7. The van der Waals surface area contributed by atoms with E-state index in [1.807, 2.05) is 49.4 Å². The van der Waals surface area contributed by atoms with E-state index in [1.54, 1.807) is 6.07 Å². The minimum absolute atomic E-state index is 0.0490. The zero-order chi connectivity index (χ0) is 18.4. The maximum Gasteiger partial charge on any atom is 0.189 e. The van der Waals surface area contributed by atoms with Crippen molar-refractivity contribution in [2.45, 2.75) is 33.1 Å². The van der Waals surface area contributed by atoms with Crippen LogP contribution in [0.5, 0.6) is 11.5 Å².